The van der Waals surface area contributed by atoms with E-state index in [9.17, 15) is 24.0 Å². The minimum absolute atomic E-state index is 0.0110. The summed E-state index contributed by atoms with van der Waals surface area (Å²) >= 11 is 1.32. The number of carbonyl (C=O) groups excluding carboxylic acids is 5. The van der Waals surface area contributed by atoms with E-state index in [1.165, 1.54) is 30.2 Å². The third-order valence-corrected chi connectivity index (χ3v) is 11.3. The Morgan fingerprint density at radius 2 is 1.75 bits per heavy atom. The molecular weight excluding hydrogens is 740 g/mol. The number of nitrogens with one attached hydrogen (secondary N) is 1. The smallest absolute Gasteiger partial charge is 0.265 e. The molecule has 14 nitrogen and oxygen atoms in total. The van der Waals surface area contributed by atoms with Crippen molar-refractivity contribution in [3.8, 4) is 22.8 Å². The van der Waals surface area contributed by atoms with Crippen molar-refractivity contribution in [3.63, 3.8) is 0 Å². The number of para-hydroxylation sites is 1. The fraction of sp³-hybridized carbons (Fsp3) is 0.300. The minimum Gasteiger partial charge on any atom is -0.457 e. The molecule has 5 aromatic rings. The zero-order valence-corrected chi connectivity index (χ0v) is 31.0. The predicted molar refractivity (Wildman–Crippen MR) is 204 cm³/mol. The molecule has 56 heavy (non-hydrogen) atoms. The average molecular weight is 777 g/mol. The van der Waals surface area contributed by atoms with E-state index in [1.807, 2.05) is 64.2 Å². The third-order valence-electron chi connectivity index (χ3n) is 10.2. The highest BCUT2D eigenvalue weighted by Crippen LogP contribution is 2.36. The number of carbonyl (C=O) groups is 5. The van der Waals surface area contributed by atoms with Gasteiger partial charge in [-0.15, -0.1) is 11.8 Å². The van der Waals surface area contributed by atoms with E-state index in [2.05, 4.69) is 15.3 Å². The number of halogens is 1. The van der Waals surface area contributed by atoms with Crippen molar-refractivity contribution >= 4 is 58.1 Å². The molecule has 2 aromatic heterocycles. The Morgan fingerprint density at radius 1 is 0.964 bits per heavy atom. The van der Waals surface area contributed by atoms with Gasteiger partial charge < -0.3 is 15.4 Å². The van der Waals surface area contributed by atoms with E-state index in [1.54, 1.807) is 0 Å². The summed E-state index contributed by atoms with van der Waals surface area (Å²) in [4.78, 5) is 75.4. The molecule has 3 aliphatic heterocycles. The molecule has 3 aliphatic rings. The number of ether oxygens (including phenoxy) is 1. The van der Waals surface area contributed by atoms with Gasteiger partial charge in [-0.25, -0.2) is 19.0 Å². The quantitative estimate of drug-likeness (QED) is 0.0977. The first-order valence-electron chi connectivity index (χ1n) is 18.4. The highest BCUT2D eigenvalue weighted by Gasteiger charge is 2.46. The number of hydrogen-bond acceptors (Lipinski definition) is 11. The maximum atomic E-state index is 15.1. The number of nitrogens with two attached hydrogens (primary N) is 1. The van der Waals surface area contributed by atoms with Gasteiger partial charge in [-0.2, -0.15) is 5.10 Å². The van der Waals surface area contributed by atoms with Crippen molar-refractivity contribution in [2.75, 3.05) is 24.6 Å². The monoisotopic (exact) mass is 776 g/mol. The van der Waals surface area contributed by atoms with E-state index < -0.39 is 35.5 Å². The highest BCUT2D eigenvalue weighted by atomic mass is 32.2. The molecule has 0 bridgehead atoms. The summed E-state index contributed by atoms with van der Waals surface area (Å²) in [7, 11) is 0. The number of fused-ring (bicyclic) bond motifs is 2. The topological polar surface area (TPSA) is 183 Å². The van der Waals surface area contributed by atoms with E-state index in [0.717, 1.165) is 29.1 Å². The second-order valence-electron chi connectivity index (χ2n) is 13.9. The molecule has 3 aromatic carbocycles. The van der Waals surface area contributed by atoms with Gasteiger partial charge in [0.25, 0.3) is 11.8 Å². The fourth-order valence-electron chi connectivity index (χ4n) is 7.47. The molecule has 2 atom stereocenters. The van der Waals surface area contributed by atoms with Crippen LogP contribution in [-0.4, -0.2) is 84.0 Å². The number of nitrogen functional groups attached to an aromatic ring is 1. The largest absolute Gasteiger partial charge is 0.457 e. The number of thioether (sulfide) groups is 1. The van der Waals surface area contributed by atoms with Crippen molar-refractivity contribution in [2.24, 2.45) is 0 Å². The lowest BCUT2D eigenvalue weighted by Gasteiger charge is -2.33. The molecule has 286 valence electrons. The Morgan fingerprint density at radius 3 is 2.54 bits per heavy atom. The first-order chi connectivity index (χ1) is 27.2. The van der Waals surface area contributed by atoms with Crippen LogP contribution < -0.4 is 15.8 Å². The molecule has 2 saturated heterocycles. The molecule has 0 saturated carbocycles. The summed E-state index contributed by atoms with van der Waals surface area (Å²) < 4.78 is 23.0. The minimum atomic E-state index is -1.17. The number of benzene rings is 3. The van der Waals surface area contributed by atoms with Crippen molar-refractivity contribution in [3.05, 3.63) is 90.0 Å². The third kappa shape index (κ3) is 7.19. The highest BCUT2D eigenvalue weighted by molar-refractivity contribution is 7.99. The van der Waals surface area contributed by atoms with Crippen LogP contribution in [0, 0.1) is 5.82 Å². The number of amides is 5. The van der Waals surface area contributed by atoms with Gasteiger partial charge in [-0.3, -0.25) is 34.2 Å². The van der Waals surface area contributed by atoms with Gasteiger partial charge in [0.05, 0.1) is 22.6 Å². The van der Waals surface area contributed by atoms with Gasteiger partial charge in [0.15, 0.2) is 5.65 Å². The number of unbranched alkanes of at least 4 members (excludes halogenated alkanes) is 1. The van der Waals surface area contributed by atoms with Crippen molar-refractivity contribution in [1.82, 2.24) is 34.9 Å². The van der Waals surface area contributed by atoms with Crippen LogP contribution >= 0.6 is 11.8 Å². The number of rotatable bonds is 11. The second-order valence-corrected chi connectivity index (χ2v) is 15.1. The number of imide groups is 2. The normalized spacial score (nSPS) is 18.4. The summed E-state index contributed by atoms with van der Waals surface area (Å²) in [5, 5.41) is 7.77. The number of aromatic nitrogens is 4. The zero-order chi connectivity index (χ0) is 38.9. The van der Waals surface area contributed by atoms with Gasteiger partial charge >= 0.3 is 0 Å². The van der Waals surface area contributed by atoms with Crippen molar-refractivity contribution < 1.29 is 33.1 Å². The molecule has 5 heterocycles. The SMILES string of the molecule is Nc1ncnc2c1c(-c1ccc(Oc3ccccc3)cc1)nn2C1CCCN(C(=O)CCCCSc2cc(F)c3c(c2)C(=O)N(C2CCC(=O)NC2=O)C3=O)C1. The number of nitrogens with zero attached hydrogens (tertiary/aromatic N) is 6. The summed E-state index contributed by atoms with van der Waals surface area (Å²) in [6.07, 6.45) is 4.57. The Kier molecular flexibility index (Phi) is 10.2. The maximum Gasteiger partial charge on any atom is 0.265 e. The van der Waals surface area contributed by atoms with Crippen LogP contribution in [-0.2, 0) is 14.4 Å². The van der Waals surface area contributed by atoms with Crippen LogP contribution in [0.4, 0.5) is 10.2 Å². The number of likely N-dealkylation sites (tertiary alicyclic amines) is 1. The van der Waals surface area contributed by atoms with Gasteiger partial charge in [0.1, 0.15) is 41.2 Å². The molecule has 0 radical (unpaired) electrons. The second kappa shape index (κ2) is 15.5. The number of piperidine rings is 2. The lowest BCUT2D eigenvalue weighted by Crippen LogP contribution is -2.54. The van der Waals surface area contributed by atoms with E-state index in [-0.39, 0.29) is 35.9 Å². The predicted octanol–water partition coefficient (Wildman–Crippen LogP) is 5.53. The van der Waals surface area contributed by atoms with Crippen molar-refractivity contribution in [2.45, 2.75) is 61.9 Å². The Labute approximate surface area is 324 Å². The molecule has 3 N–H and O–H groups in total. The van der Waals surface area contributed by atoms with Gasteiger partial charge in [0.2, 0.25) is 17.7 Å². The number of hydrogen-bond donors (Lipinski definition) is 2. The summed E-state index contributed by atoms with van der Waals surface area (Å²) in [6.45, 7) is 1.10. The van der Waals surface area contributed by atoms with Crippen LogP contribution in [0.5, 0.6) is 11.5 Å². The standard InChI is InChI=1S/C40H37FN8O6S/c41-29-20-27(19-28-33(29)40(54)48(39(28)53)30-15-16-31(50)45-38(30)52)56-18-5-4-10-32(51)47-17-6-7-24(21-47)49-37-34(36(42)43-22-44-37)35(46-49)23-11-13-26(14-12-23)55-25-8-2-1-3-9-25/h1-3,8-9,11-14,19-20,22,24,30H,4-7,10,15-18,21H2,(H2,42,43,44)(H,45,50,52). The zero-order valence-electron chi connectivity index (χ0n) is 30.2. The molecule has 2 unspecified atom stereocenters. The van der Waals surface area contributed by atoms with Crippen LogP contribution in [0.2, 0.25) is 0 Å². The van der Waals surface area contributed by atoms with Gasteiger partial charge in [0, 0.05) is 36.4 Å². The molecule has 0 spiro atoms. The lowest BCUT2D eigenvalue weighted by atomic mass is 10.0. The van der Waals surface area contributed by atoms with Crippen molar-refractivity contribution in [1.29, 1.82) is 0 Å². The van der Waals surface area contributed by atoms with Gasteiger partial charge in [-0.05, 0) is 86.4 Å². The molecule has 2 fully saturated rings. The first kappa shape index (κ1) is 36.8. The fourth-order valence-corrected chi connectivity index (χ4v) is 8.44. The lowest BCUT2D eigenvalue weighted by molar-refractivity contribution is -0.136. The molecule has 16 heteroatoms. The van der Waals surface area contributed by atoms with Crippen LogP contribution in [0.15, 0.2) is 78.0 Å². The van der Waals surface area contributed by atoms with Crippen LogP contribution in [0.25, 0.3) is 22.3 Å². The van der Waals surface area contributed by atoms with E-state index in [4.69, 9.17) is 15.6 Å². The maximum absolute atomic E-state index is 15.1. The Balaban J connectivity index is 0.873. The summed E-state index contributed by atoms with van der Waals surface area (Å²) in [5.74, 6) is -1.41. The van der Waals surface area contributed by atoms with Crippen LogP contribution in [0.3, 0.4) is 0 Å². The van der Waals surface area contributed by atoms with E-state index >= 15 is 4.39 Å². The molecule has 8 rings (SSSR count). The van der Waals surface area contributed by atoms with Crippen LogP contribution in [0.1, 0.15) is 71.7 Å². The van der Waals surface area contributed by atoms with E-state index in [0.29, 0.717) is 71.3 Å². The molecular formula is C40H37FN8O6S. The summed E-state index contributed by atoms with van der Waals surface area (Å²) in [6, 6.07) is 18.5. The number of anilines is 1. The average Bonchev–Trinajstić information content (AvgIpc) is 3.71. The molecule has 5 amide bonds. The first-order valence-corrected chi connectivity index (χ1v) is 19.4. The van der Waals surface area contributed by atoms with Gasteiger partial charge in [-0.1, -0.05) is 18.2 Å². The Hall–Kier alpha value is -6.16. The summed E-state index contributed by atoms with van der Waals surface area (Å²) in [5.41, 5.74) is 7.99. The Bertz CT molecular complexity index is 2370. The molecule has 0 aliphatic carbocycles.